The fraction of sp³-hybridized carbons (Fsp3) is 0.444. The molecule has 0 radical (unpaired) electrons. The highest BCUT2D eigenvalue weighted by Gasteiger charge is 2.37. The van der Waals surface area contributed by atoms with Gasteiger partial charge in [-0.3, -0.25) is 0 Å². The molecule has 1 atom stereocenters. The summed E-state index contributed by atoms with van der Waals surface area (Å²) in [5.41, 5.74) is 0. The van der Waals surface area contributed by atoms with Crippen molar-refractivity contribution in [1.82, 2.24) is 4.31 Å². The SMILES string of the molecule is Cc1ccc(C2COCCN2S(=O)(=O)c2ccc3c(c2)OCCCO3)o1. The topological polar surface area (TPSA) is 78.2 Å². The van der Waals surface area contributed by atoms with Crippen molar-refractivity contribution in [3.8, 4) is 11.5 Å². The second kappa shape index (κ2) is 6.94. The largest absolute Gasteiger partial charge is 0.490 e. The van der Waals surface area contributed by atoms with Crippen molar-refractivity contribution < 1.29 is 27.0 Å². The number of hydrogen-bond acceptors (Lipinski definition) is 6. The molecule has 2 aliphatic heterocycles. The molecular formula is C18H21NO6S. The van der Waals surface area contributed by atoms with Gasteiger partial charge in [0.25, 0.3) is 0 Å². The Labute approximate surface area is 152 Å². The first-order valence-electron chi connectivity index (χ1n) is 8.61. The average Bonchev–Trinajstić information content (AvgIpc) is 2.94. The molecule has 2 aromatic rings. The Morgan fingerprint density at radius 1 is 1.04 bits per heavy atom. The molecule has 1 saturated heterocycles. The first-order chi connectivity index (χ1) is 12.6. The van der Waals surface area contributed by atoms with Crippen LogP contribution in [0.5, 0.6) is 11.5 Å². The summed E-state index contributed by atoms with van der Waals surface area (Å²) in [4.78, 5) is 0.178. The number of nitrogens with zero attached hydrogens (tertiary/aromatic N) is 1. The van der Waals surface area contributed by atoms with E-state index in [1.165, 1.54) is 10.4 Å². The number of ether oxygens (including phenoxy) is 3. The molecule has 1 fully saturated rings. The highest BCUT2D eigenvalue weighted by Crippen LogP contribution is 2.36. The summed E-state index contributed by atoms with van der Waals surface area (Å²) in [6.45, 7) is 3.76. The number of benzene rings is 1. The second-order valence-electron chi connectivity index (χ2n) is 6.31. The zero-order valence-electron chi connectivity index (χ0n) is 14.5. The highest BCUT2D eigenvalue weighted by molar-refractivity contribution is 7.89. The normalized spacial score (nSPS) is 21.3. The van der Waals surface area contributed by atoms with E-state index in [2.05, 4.69) is 0 Å². The molecule has 1 unspecified atom stereocenters. The monoisotopic (exact) mass is 379 g/mol. The van der Waals surface area contributed by atoms with Crippen molar-refractivity contribution in [3.63, 3.8) is 0 Å². The van der Waals surface area contributed by atoms with Crippen LogP contribution in [0.2, 0.25) is 0 Å². The molecule has 26 heavy (non-hydrogen) atoms. The zero-order chi connectivity index (χ0) is 18.1. The van der Waals surface area contributed by atoms with Crippen LogP contribution in [0.25, 0.3) is 0 Å². The molecule has 7 nitrogen and oxygen atoms in total. The van der Waals surface area contributed by atoms with Crippen molar-refractivity contribution in [2.45, 2.75) is 24.3 Å². The van der Waals surface area contributed by atoms with Gasteiger partial charge in [0.15, 0.2) is 11.5 Å². The number of fused-ring (bicyclic) bond motifs is 1. The Hall–Kier alpha value is -2.03. The smallest absolute Gasteiger partial charge is 0.244 e. The Morgan fingerprint density at radius 2 is 1.85 bits per heavy atom. The average molecular weight is 379 g/mol. The van der Waals surface area contributed by atoms with E-state index in [0.29, 0.717) is 37.1 Å². The number of aryl methyl sites for hydroxylation is 1. The number of rotatable bonds is 3. The van der Waals surface area contributed by atoms with Gasteiger partial charge in [-0.05, 0) is 31.2 Å². The van der Waals surface area contributed by atoms with Crippen LogP contribution < -0.4 is 9.47 Å². The third-order valence-corrected chi connectivity index (χ3v) is 6.40. The Kier molecular flexibility index (Phi) is 4.64. The Balaban J connectivity index is 1.69. The number of hydrogen-bond donors (Lipinski definition) is 0. The van der Waals surface area contributed by atoms with Gasteiger partial charge in [0.1, 0.15) is 17.6 Å². The summed E-state index contributed by atoms with van der Waals surface area (Å²) in [5.74, 6) is 2.35. The molecule has 0 amide bonds. The molecule has 0 N–H and O–H groups in total. The number of morpholine rings is 1. The lowest BCUT2D eigenvalue weighted by Gasteiger charge is -2.33. The van der Waals surface area contributed by atoms with Gasteiger partial charge < -0.3 is 18.6 Å². The van der Waals surface area contributed by atoms with E-state index in [4.69, 9.17) is 18.6 Å². The molecule has 0 aliphatic carbocycles. The first kappa shape index (κ1) is 17.4. The van der Waals surface area contributed by atoms with Crippen LogP contribution in [0.3, 0.4) is 0 Å². The van der Waals surface area contributed by atoms with Gasteiger partial charge in [-0.1, -0.05) is 0 Å². The van der Waals surface area contributed by atoms with Gasteiger partial charge in [0.05, 0.1) is 31.3 Å². The number of sulfonamides is 1. The lowest BCUT2D eigenvalue weighted by atomic mass is 10.2. The van der Waals surface area contributed by atoms with Crippen LogP contribution in [0.1, 0.15) is 24.0 Å². The molecule has 1 aromatic carbocycles. The van der Waals surface area contributed by atoms with E-state index in [-0.39, 0.29) is 18.0 Å². The molecule has 0 spiro atoms. The van der Waals surface area contributed by atoms with Crippen LogP contribution in [-0.4, -0.2) is 45.7 Å². The Bertz CT molecular complexity index is 891. The molecule has 3 heterocycles. The van der Waals surface area contributed by atoms with E-state index >= 15 is 0 Å². The van der Waals surface area contributed by atoms with Crippen molar-refractivity contribution in [1.29, 1.82) is 0 Å². The number of furan rings is 1. The quantitative estimate of drug-likeness (QED) is 0.815. The van der Waals surface area contributed by atoms with E-state index < -0.39 is 16.1 Å². The molecule has 1 aromatic heterocycles. The lowest BCUT2D eigenvalue weighted by molar-refractivity contribution is 0.0241. The molecule has 0 saturated carbocycles. The van der Waals surface area contributed by atoms with Crippen LogP contribution in [-0.2, 0) is 14.8 Å². The maximum Gasteiger partial charge on any atom is 0.244 e. The summed E-state index contributed by atoms with van der Waals surface area (Å²) in [6.07, 6.45) is 0.764. The van der Waals surface area contributed by atoms with Gasteiger partial charge in [0.2, 0.25) is 10.0 Å². The summed E-state index contributed by atoms with van der Waals surface area (Å²) in [5, 5.41) is 0. The minimum atomic E-state index is -3.74. The zero-order valence-corrected chi connectivity index (χ0v) is 15.3. The maximum atomic E-state index is 13.3. The summed E-state index contributed by atoms with van der Waals surface area (Å²) >= 11 is 0. The van der Waals surface area contributed by atoms with Crippen LogP contribution in [0.15, 0.2) is 39.6 Å². The molecule has 2 aliphatic rings. The van der Waals surface area contributed by atoms with Crippen molar-refractivity contribution in [2.75, 3.05) is 33.0 Å². The van der Waals surface area contributed by atoms with Crippen molar-refractivity contribution in [2.24, 2.45) is 0 Å². The third-order valence-electron chi connectivity index (χ3n) is 4.49. The lowest BCUT2D eigenvalue weighted by Crippen LogP contribution is -2.43. The summed E-state index contributed by atoms with van der Waals surface area (Å²) in [7, 11) is -3.74. The highest BCUT2D eigenvalue weighted by atomic mass is 32.2. The second-order valence-corrected chi connectivity index (χ2v) is 8.20. The van der Waals surface area contributed by atoms with Crippen LogP contribution >= 0.6 is 0 Å². The predicted octanol–water partition coefficient (Wildman–Crippen LogP) is 2.51. The molecule has 8 heteroatoms. The van der Waals surface area contributed by atoms with E-state index in [1.54, 1.807) is 18.2 Å². The van der Waals surface area contributed by atoms with E-state index in [9.17, 15) is 8.42 Å². The van der Waals surface area contributed by atoms with Gasteiger partial charge in [0, 0.05) is 19.0 Å². The first-order valence-corrected chi connectivity index (χ1v) is 10.1. The van der Waals surface area contributed by atoms with Crippen molar-refractivity contribution >= 4 is 10.0 Å². The van der Waals surface area contributed by atoms with Gasteiger partial charge in [-0.2, -0.15) is 4.31 Å². The molecule has 0 bridgehead atoms. The van der Waals surface area contributed by atoms with E-state index in [0.717, 1.165) is 12.2 Å². The van der Waals surface area contributed by atoms with Crippen LogP contribution in [0.4, 0.5) is 0 Å². The molecule has 140 valence electrons. The van der Waals surface area contributed by atoms with Crippen LogP contribution in [0, 0.1) is 6.92 Å². The van der Waals surface area contributed by atoms with Gasteiger partial charge >= 0.3 is 0 Å². The van der Waals surface area contributed by atoms with E-state index in [1.807, 2.05) is 13.0 Å². The Morgan fingerprint density at radius 3 is 2.62 bits per heavy atom. The minimum Gasteiger partial charge on any atom is -0.490 e. The maximum absolute atomic E-state index is 13.3. The predicted molar refractivity (Wildman–Crippen MR) is 92.9 cm³/mol. The molecule has 4 rings (SSSR count). The fourth-order valence-electron chi connectivity index (χ4n) is 3.17. The summed E-state index contributed by atoms with van der Waals surface area (Å²) in [6, 6.07) is 7.88. The van der Waals surface area contributed by atoms with Crippen molar-refractivity contribution in [3.05, 3.63) is 41.9 Å². The molecular weight excluding hydrogens is 358 g/mol. The standard InChI is InChI=1S/C18H21NO6S/c1-13-3-5-16(25-13)15-12-22-10-7-19(15)26(20,21)14-4-6-17-18(11-14)24-9-2-8-23-17/h3-6,11,15H,2,7-10,12H2,1H3. The summed E-state index contributed by atoms with van der Waals surface area (Å²) < 4.78 is 50.4. The third kappa shape index (κ3) is 3.20. The van der Waals surface area contributed by atoms with Gasteiger partial charge in [-0.15, -0.1) is 0 Å². The van der Waals surface area contributed by atoms with Gasteiger partial charge in [-0.25, -0.2) is 8.42 Å². The minimum absolute atomic E-state index is 0.178. The fourth-order valence-corrected chi connectivity index (χ4v) is 4.75.